The molecule has 2 heterocycles. The van der Waals surface area contributed by atoms with Crippen molar-refractivity contribution in [3.63, 3.8) is 0 Å². The summed E-state index contributed by atoms with van der Waals surface area (Å²) >= 11 is 0. The Hall–Kier alpha value is -2.43. The van der Waals surface area contributed by atoms with Crippen molar-refractivity contribution in [1.82, 2.24) is 4.90 Å². The highest BCUT2D eigenvalue weighted by Gasteiger charge is 2.44. The molecule has 0 bridgehead atoms. The van der Waals surface area contributed by atoms with E-state index in [4.69, 9.17) is 0 Å². The van der Waals surface area contributed by atoms with E-state index in [1.807, 2.05) is 18.0 Å². The molecule has 0 unspecified atom stereocenters. The number of hydrogen-bond donors (Lipinski definition) is 0. The SMILES string of the molecule is CN1CC2(CCN(C(=O)Cc3cccc(F)c3)CC2)c2cc(F)ccc21. The molecule has 5 heteroatoms. The molecular formula is C21H22F2N2O. The Morgan fingerprint density at radius 3 is 2.54 bits per heavy atom. The van der Waals surface area contributed by atoms with E-state index >= 15 is 0 Å². The second-order valence-electron chi connectivity index (χ2n) is 7.49. The molecule has 0 N–H and O–H groups in total. The number of likely N-dealkylation sites (tertiary alicyclic amines) is 1. The van der Waals surface area contributed by atoms with E-state index in [0.717, 1.165) is 30.6 Å². The third kappa shape index (κ3) is 2.96. The number of amides is 1. The smallest absolute Gasteiger partial charge is 0.226 e. The van der Waals surface area contributed by atoms with Gasteiger partial charge in [0.25, 0.3) is 0 Å². The van der Waals surface area contributed by atoms with Crippen LogP contribution in [0.1, 0.15) is 24.0 Å². The van der Waals surface area contributed by atoms with Gasteiger partial charge in [0, 0.05) is 37.8 Å². The molecule has 1 saturated heterocycles. The van der Waals surface area contributed by atoms with E-state index in [0.29, 0.717) is 18.7 Å². The number of halogens is 2. The van der Waals surface area contributed by atoms with Crippen LogP contribution in [-0.2, 0) is 16.6 Å². The van der Waals surface area contributed by atoms with Crippen LogP contribution in [0.3, 0.4) is 0 Å². The van der Waals surface area contributed by atoms with Crippen molar-refractivity contribution in [2.75, 3.05) is 31.6 Å². The minimum Gasteiger partial charge on any atom is -0.373 e. The minimum atomic E-state index is -0.319. The van der Waals surface area contributed by atoms with E-state index < -0.39 is 0 Å². The average molecular weight is 356 g/mol. The Balaban J connectivity index is 1.46. The van der Waals surface area contributed by atoms with Gasteiger partial charge in [-0.1, -0.05) is 12.1 Å². The van der Waals surface area contributed by atoms with Gasteiger partial charge >= 0.3 is 0 Å². The number of rotatable bonds is 2. The number of piperidine rings is 1. The van der Waals surface area contributed by atoms with Crippen LogP contribution in [0.4, 0.5) is 14.5 Å². The van der Waals surface area contributed by atoms with Crippen molar-refractivity contribution in [2.24, 2.45) is 0 Å². The van der Waals surface area contributed by atoms with Gasteiger partial charge in [0.05, 0.1) is 6.42 Å². The first-order valence-electron chi connectivity index (χ1n) is 9.00. The zero-order valence-electron chi connectivity index (χ0n) is 14.8. The Morgan fingerprint density at radius 2 is 1.81 bits per heavy atom. The molecular weight excluding hydrogens is 334 g/mol. The minimum absolute atomic E-state index is 0.0243. The van der Waals surface area contributed by atoms with Crippen LogP contribution in [0, 0.1) is 11.6 Å². The molecule has 26 heavy (non-hydrogen) atoms. The van der Waals surface area contributed by atoms with E-state index in [1.54, 1.807) is 18.2 Å². The predicted molar refractivity (Wildman–Crippen MR) is 97.3 cm³/mol. The first-order chi connectivity index (χ1) is 12.5. The molecule has 136 valence electrons. The van der Waals surface area contributed by atoms with Gasteiger partial charge < -0.3 is 9.80 Å². The molecule has 2 aromatic carbocycles. The van der Waals surface area contributed by atoms with Crippen molar-refractivity contribution in [2.45, 2.75) is 24.7 Å². The zero-order valence-corrected chi connectivity index (χ0v) is 14.8. The topological polar surface area (TPSA) is 23.6 Å². The lowest BCUT2D eigenvalue weighted by Crippen LogP contribution is -2.47. The van der Waals surface area contributed by atoms with Crippen LogP contribution in [0.25, 0.3) is 0 Å². The van der Waals surface area contributed by atoms with Crippen molar-refractivity contribution < 1.29 is 13.6 Å². The monoisotopic (exact) mass is 356 g/mol. The van der Waals surface area contributed by atoms with Crippen molar-refractivity contribution in [1.29, 1.82) is 0 Å². The van der Waals surface area contributed by atoms with Gasteiger partial charge in [0.1, 0.15) is 11.6 Å². The predicted octanol–water partition coefficient (Wildman–Crippen LogP) is 3.52. The maximum absolute atomic E-state index is 13.8. The largest absolute Gasteiger partial charge is 0.373 e. The summed E-state index contributed by atoms with van der Waals surface area (Å²) in [7, 11) is 2.03. The van der Waals surface area contributed by atoms with E-state index in [2.05, 4.69) is 4.90 Å². The lowest BCUT2D eigenvalue weighted by molar-refractivity contribution is -0.132. The first-order valence-corrected chi connectivity index (χ1v) is 9.00. The number of nitrogens with zero attached hydrogens (tertiary/aromatic N) is 2. The highest BCUT2D eigenvalue weighted by molar-refractivity contribution is 5.79. The van der Waals surface area contributed by atoms with E-state index in [9.17, 15) is 13.6 Å². The Morgan fingerprint density at radius 1 is 1.08 bits per heavy atom. The van der Waals surface area contributed by atoms with Gasteiger partial charge in [0.15, 0.2) is 0 Å². The number of fused-ring (bicyclic) bond motifs is 2. The molecule has 2 aromatic rings. The highest BCUT2D eigenvalue weighted by atomic mass is 19.1. The molecule has 1 fully saturated rings. The van der Waals surface area contributed by atoms with Gasteiger partial charge in [-0.15, -0.1) is 0 Å². The van der Waals surface area contributed by atoms with Gasteiger partial charge in [-0.2, -0.15) is 0 Å². The molecule has 2 aliphatic heterocycles. The third-order valence-corrected chi connectivity index (χ3v) is 5.80. The number of carbonyl (C=O) groups excluding carboxylic acids is 1. The van der Waals surface area contributed by atoms with E-state index in [-0.39, 0.29) is 29.4 Å². The number of carbonyl (C=O) groups is 1. The lowest BCUT2D eigenvalue weighted by Gasteiger charge is -2.40. The summed E-state index contributed by atoms with van der Waals surface area (Å²) in [6.45, 7) is 2.16. The lowest BCUT2D eigenvalue weighted by atomic mass is 9.74. The summed E-state index contributed by atoms with van der Waals surface area (Å²) in [5, 5.41) is 0. The molecule has 1 amide bonds. The first kappa shape index (κ1) is 17.0. The molecule has 0 aliphatic carbocycles. The number of hydrogen-bond acceptors (Lipinski definition) is 2. The van der Waals surface area contributed by atoms with E-state index in [1.165, 1.54) is 18.2 Å². The number of anilines is 1. The van der Waals surface area contributed by atoms with Gasteiger partial charge in [0.2, 0.25) is 5.91 Å². The normalized spacial score (nSPS) is 18.3. The third-order valence-electron chi connectivity index (χ3n) is 5.80. The zero-order chi connectivity index (χ0) is 18.3. The number of benzene rings is 2. The quantitative estimate of drug-likeness (QED) is 0.822. The Kier molecular flexibility index (Phi) is 4.17. The molecule has 0 radical (unpaired) electrons. The second kappa shape index (κ2) is 6.38. The van der Waals surface area contributed by atoms with Crippen LogP contribution in [0.2, 0.25) is 0 Å². The summed E-state index contributed by atoms with van der Waals surface area (Å²) < 4.78 is 27.1. The maximum atomic E-state index is 13.8. The van der Waals surface area contributed by atoms with Crippen LogP contribution in [0.5, 0.6) is 0 Å². The van der Waals surface area contributed by atoms with Gasteiger partial charge in [-0.3, -0.25) is 4.79 Å². The summed E-state index contributed by atoms with van der Waals surface area (Å²) in [4.78, 5) is 16.6. The fourth-order valence-corrected chi connectivity index (χ4v) is 4.44. The molecule has 2 aliphatic rings. The fourth-order valence-electron chi connectivity index (χ4n) is 4.44. The Labute approximate surface area is 152 Å². The molecule has 0 saturated carbocycles. The summed E-state index contributed by atoms with van der Waals surface area (Å²) in [5.41, 5.74) is 2.77. The molecule has 3 nitrogen and oxygen atoms in total. The standard InChI is InChI=1S/C21H22F2N2O/c1-24-14-21(18-13-17(23)5-6-19(18)24)7-9-25(10-8-21)20(26)12-15-3-2-4-16(22)11-15/h2-6,11,13H,7-10,12,14H2,1H3. The summed E-state index contributed by atoms with van der Waals surface area (Å²) in [6, 6.07) is 11.2. The number of likely N-dealkylation sites (N-methyl/N-ethyl adjacent to an activating group) is 1. The van der Waals surface area contributed by atoms with Crippen LogP contribution < -0.4 is 4.90 Å². The fraction of sp³-hybridized carbons (Fsp3) is 0.381. The van der Waals surface area contributed by atoms with Gasteiger partial charge in [-0.25, -0.2) is 8.78 Å². The molecule has 4 rings (SSSR count). The van der Waals surface area contributed by atoms with Crippen LogP contribution in [0.15, 0.2) is 42.5 Å². The second-order valence-corrected chi connectivity index (χ2v) is 7.49. The average Bonchev–Trinajstić information content (AvgIpc) is 2.87. The maximum Gasteiger partial charge on any atom is 0.226 e. The van der Waals surface area contributed by atoms with Crippen molar-refractivity contribution in [3.05, 3.63) is 65.2 Å². The van der Waals surface area contributed by atoms with Crippen molar-refractivity contribution in [3.8, 4) is 0 Å². The molecule has 0 aromatic heterocycles. The summed E-state index contributed by atoms with van der Waals surface area (Å²) in [6.07, 6.45) is 1.86. The molecule has 0 atom stereocenters. The molecule has 1 spiro atoms. The van der Waals surface area contributed by atoms with Crippen molar-refractivity contribution >= 4 is 11.6 Å². The van der Waals surface area contributed by atoms with Gasteiger partial charge in [-0.05, 0) is 54.3 Å². The Bertz CT molecular complexity index is 844. The van der Waals surface area contributed by atoms with Crippen LogP contribution in [-0.4, -0.2) is 37.5 Å². The summed E-state index contributed by atoms with van der Waals surface area (Å²) in [5.74, 6) is -0.500. The van der Waals surface area contributed by atoms with Crippen LogP contribution >= 0.6 is 0 Å². The highest BCUT2D eigenvalue weighted by Crippen LogP contribution is 2.46.